The molecule has 32 heavy (non-hydrogen) atoms. The number of piperidine rings is 2. The van der Waals surface area contributed by atoms with Gasteiger partial charge in [-0.1, -0.05) is 18.2 Å². The average molecular weight is 456 g/mol. The molecule has 0 aliphatic carbocycles. The monoisotopic (exact) mass is 455 g/mol. The molecule has 0 spiro atoms. The molecule has 2 fully saturated rings. The Morgan fingerprint density at radius 2 is 1.88 bits per heavy atom. The molecule has 0 saturated carbocycles. The van der Waals surface area contributed by atoms with Crippen molar-refractivity contribution in [2.45, 2.75) is 49.1 Å². The predicted octanol–water partition coefficient (Wildman–Crippen LogP) is 2.22. The van der Waals surface area contributed by atoms with Gasteiger partial charge in [-0.05, 0) is 18.6 Å². The lowest BCUT2D eigenvalue weighted by atomic mass is 10.1. The van der Waals surface area contributed by atoms with E-state index in [4.69, 9.17) is 14.7 Å². The van der Waals surface area contributed by atoms with Gasteiger partial charge < -0.3 is 19.9 Å². The number of fused-ring (bicyclic) bond motifs is 1. The molecule has 2 saturated heterocycles. The van der Waals surface area contributed by atoms with Crippen molar-refractivity contribution >= 4 is 28.5 Å². The number of rotatable bonds is 5. The standard InChI is InChI=1S/C23H29N5O3S/c1-27-15-16(7-8-20(27)29)24-22-21-19(11-14-32(21)30)25-23(26-22)28-12-9-18(10-13-28)31-17-5-3-2-4-6-17/h2-6,16,18H,7-15H2,1H3,(H,24,25,26)/t16-,32?/m0/s1. The molecule has 0 bridgehead atoms. The van der Waals surface area contributed by atoms with Crippen LogP contribution in [0.3, 0.4) is 0 Å². The van der Waals surface area contributed by atoms with Gasteiger partial charge in [0.1, 0.15) is 22.6 Å². The number of ether oxygens (including phenoxy) is 1. The fourth-order valence-corrected chi connectivity index (χ4v) is 5.93. The number of carbonyl (C=O) groups excluding carboxylic acids is 1. The summed E-state index contributed by atoms with van der Waals surface area (Å²) >= 11 is 0. The Bertz CT molecular complexity index is 1010. The first kappa shape index (κ1) is 21.2. The zero-order valence-electron chi connectivity index (χ0n) is 18.3. The van der Waals surface area contributed by atoms with Crippen molar-refractivity contribution < 1.29 is 13.7 Å². The Morgan fingerprint density at radius 3 is 2.62 bits per heavy atom. The Hall–Kier alpha value is -2.68. The highest BCUT2D eigenvalue weighted by atomic mass is 32.2. The summed E-state index contributed by atoms with van der Waals surface area (Å²) in [5.74, 6) is 3.04. The van der Waals surface area contributed by atoms with E-state index < -0.39 is 10.8 Å². The van der Waals surface area contributed by atoms with Gasteiger partial charge in [0, 0.05) is 64.2 Å². The van der Waals surface area contributed by atoms with E-state index in [1.165, 1.54) is 0 Å². The molecule has 8 nitrogen and oxygen atoms in total. The molecule has 1 amide bonds. The molecule has 3 aliphatic rings. The van der Waals surface area contributed by atoms with Crippen molar-refractivity contribution in [1.82, 2.24) is 14.9 Å². The minimum Gasteiger partial charge on any atom is -0.490 e. The van der Waals surface area contributed by atoms with Gasteiger partial charge in [-0.3, -0.25) is 9.00 Å². The first-order valence-electron chi connectivity index (χ1n) is 11.3. The summed E-state index contributed by atoms with van der Waals surface area (Å²) < 4.78 is 18.8. The molecule has 3 aliphatic heterocycles. The Balaban J connectivity index is 1.30. The molecule has 1 aromatic carbocycles. The fraction of sp³-hybridized carbons (Fsp3) is 0.522. The third-order valence-corrected chi connectivity index (χ3v) is 7.87. The van der Waals surface area contributed by atoms with Gasteiger partial charge in [0.15, 0.2) is 0 Å². The normalized spacial score (nSPS) is 23.8. The quantitative estimate of drug-likeness (QED) is 0.740. The summed E-state index contributed by atoms with van der Waals surface area (Å²) in [5, 5.41) is 3.49. The van der Waals surface area contributed by atoms with Crippen molar-refractivity contribution in [3.05, 3.63) is 36.0 Å². The first-order valence-corrected chi connectivity index (χ1v) is 12.6. The van der Waals surface area contributed by atoms with Crippen LogP contribution in [0.15, 0.2) is 35.2 Å². The number of nitrogens with one attached hydrogen (secondary N) is 1. The van der Waals surface area contributed by atoms with Gasteiger partial charge in [0.25, 0.3) is 0 Å². The van der Waals surface area contributed by atoms with Crippen LogP contribution in [0.25, 0.3) is 0 Å². The number of nitrogens with zero attached hydrogens (tertiary/aromatic N) is 4. The average Bonchev–Trinajstić information content (AvgIpc) is 3.18. The van der Waals surface area contributed by atoms with E-state index >= 15 is 0 Å². The van der Waals surface area contributed by atoms with Crippen molar-refractivity contribution in [3.8, 4) is 5.75 Å². The smallest absolute Gasteiger partial charge is 0.227 e. The first-order chi connectivity index (χ1) is 15.6. The van der Waals surface area contributed by atoms with E-state index in [0.29, 0.717) is 36.9 Å². The van der Waals surface area contributed by atoms with E-state index in [1.54, 1.807) is 4.90 Å². The van der Waals surface area contributed by atoms with Crippen LogP contribution in [0, 0.1) is 0 Å². The van der Waals surface area contributed by atoms with Gasteiger partial charge in [-0.2, -0.15) is 4.98 Å². The summed E-state index contributed by atoms with van der Waals surface area (Å²) in [7, 11) is 0.748. The lowest BCUT2D eigenvalue weighted by molar-refractivity contribution is -0.132. The van der Waals surface area contributed by atoms with E-state index in [2.05, 4.69) is 10.2 Å². The maximum atomic E-state index is 12.6. The van der Waals surface area contributed by atoms with E-state index in [0.717, 1.165) is 48.7 Å². The lowest BCUT2D eigenvalue weighted by Crippen LogP contribution is -2.43. The number of likely N-dealkylation sites (N-methyl/N-ethyl adjacent to an activating group) is 1. The number of likely N-dealkylation sites (tertiary alicyclic amines) is 1. The highest BCUT2D eigenvalue weighted by molar-refractivity contribution is 7.85. The summed E-state index contributed by atoms with van der Waals surface area (Å²) in [6.07, 6.45) is 3.98. The molecule has 1 N–H and O–H groups in total. The van der Waals surface area contributed by atoms with Crippen molar-refractivity contribution in [3.63, 3.8) is 0 Å². The van der Waals surface area contributed by atoms with Gasteiger partial charge in [0.05, 0.1) is 16.5 Å². The number of hydrogen-bond acceptors (Lipinski definition) is 7. The van der Waals surface area contributed by atoms with E-state index in [-0.39, 0.29) is 18.1 Å². The van der Waals surface area contributed by atoms with Crippen LogP contribution < -0.4 is 15.0 Å². The van der Waals surface area contributed by atoms with Crippen molar-refractivity contribution in [2.24, 2.45) is 0 Å². The second-order valence-corrected chi connectivity index (χ2v) is 10.2. The SMILES string of the molecule is CN1C[C@@H](Nc2nc(N3CCC(Oc4ccccc4)CC3)nc3c2S(=O)CC3)CCC1=O. The van der Waals surface area contributed by atoms with Gasteiger partial charge >= 0.3 is 0 Å². The minimum atomic E-state index is -1.08. The molecule has 1 aromatic heterocycles. The molecule has 170 valence electrons. The molecule has 1 unspecified atom stereocenters. The van der Waals surface area contributed by atoms with Crippen LogP contribution in [0.2, 0.25) is 0 Å². The van der Waals surface area contributed by atoms with Crippen LogP contribution in [0.4, 0.5) is 11.8 Å². The largest absolute Gasteiger partial charge is 0.490 e. The zero-order chi connectivity index (χ0) is 22.1. The van der Waals surface area contributed by atoms with Gasteiger partial charge in [-0.25, -0.2) is 4.98 Å². The Morgan fingerprint density at radius 1 is 1.09 bits per heavy atom. The number of anilines is 2. The molecule has 4 heterocycles. The van der Waals surface area contributed by atoms with Crippen molar-refractivity contribution in [2.75, 3.05) is 42.7 Å². The minimum absolute atomic E-state index is 0.104. The zero-order valence-corrected chi connectivity index (χ0v) is 19.1. The third kappa shape index (κ3) is 4.44. The highest BCUT2D eigenvalue weighted by Gasteiger charge is 2.31. The summed E-state index contributed by atoms with van der Waals surface area (Å²) in [6.45, 7) is 2.26. The van der Waals surface area contributed by atoms with Crippen LogP contribution >= 0.6 is 0 Å². The molecule has 2 aromatic rings. The second-order valence-electron chi connectivity index (χ2n) is 8.72. The Labute approximate surface area is 190 Å². The van der Waals surface area contributed by atoms with E-state index in [9.17, 15) is 9.00 Å². The number of hydrogen-bond donors (Lipinski definition) is 1. The van der Waals surface area contributed by atoms with Crippen molar-refractivity contribution in [1.29, 1.82) is 0 Å². The van der Waals surface area contributed by atoms with Crippen LogP contribution in [-0.4, -0.2) is 69.6 Å². The lowest BCUT2D eigenvalue weighted by Gasteiger charge is -2.33. The summed E-state index contributed by atoms with van der Waals surface area (Å²) in [4.78, 5) is 26.2. The fourth-order valence-electron chi connectivity index (χ4n) is 4.61. The number of benzene rings is 1. The molecule has 0 radical (unpaired) electrons. The molecule has 2 atom stereocenters. The van der Waals surface area contributed by atoms with Crippen LogP contribution in [0.5, 0.6) is 5.75 Å². The van der Waals surface area contributed by atoms with Crippen LogP contribution in [-0.2, 0) is 22.0 Å². The molecular weight excluding hydrogens is 426 g/mol. The maximum Gasteiger partial charge on any atom is 0.227 e. The maximum absolute atomic E-state index is 12.6. The number of carbonyl (C=O) groups is 1. The number of aryl methyl sites for hydroxylation is 1. The third-order valence-electron chi connectivity index (χ3n) is 6.41. The second kappa shape index (κ2) is 9.05. The Kier molecular flexibility index (Phi) is 5.99. The molecular formula is C23H29N5O3S. The van der Waals surface area contributed by atoms with Crippen LogP contribution in [0.1, 0.15) is 31.4 Å². The number of para-hydroxylation sites is 1. The molecule has 9 heteroatoms. The van der Waals surface area contributed by atoms with E-state index in [1.807, 2.05) is 37.4 Å². The predicted molar refractivity (Wildman–Crippen MR) is 124 cm³/mol. The number of amides is 1. The summed E-state index contributed by atoms with van der Waals surface area (Å²) in [5.41, 5.74) is 0.888. The number of aromatic nitrogens is 2. The van der Waals surface area contributed by atoms with Gasteiger partial charge in [0.2, 0.25) is 11.9 Å². The molecule has 5 rings (SSSR count). The summed E-state index contributed by atoms with van der Waals surface area (Å²) in [6, 6.07) is 10.0. The van der Waals surface area contributed by atoms with Gasteiger partial charge in [-0.15, -0.1) is 0 Å². The topological polar surface area (TPSA) is 87.7 Å². The highest BCUT2D eigenvalue weighted by Crippen LogP contribution is 2.32.